The SMILES string of the molecule is [C-]#[N+]c1cccc2c1oc1c(-c3cc(-c4ccncc4)cc(-c4ccncc4)c3)cccc12. The summed E-state index contributed by atoms with van der Waals surface area (Å²) in [5.74, 6) is 0. The van der Waals surface area contributed by atoms with E-state index >= 15 is 0 Å². The minimum atomic E-state index is 0.526. The van der Waals surface area contributed by atoms with E-state index in [0.29, 0.717) is 11.3 Å². The summed E-state index contributed by atoms with van der Waals surface area (Å²) in [5.41, 5.74) is 8.36. The molecular formula is C29H17N3O. The molecule has 0 radical (unpaired) electrons. The van der Waals surface area contributed by atoms with Crippen molar-refractivity contribution < 1.29 is 4.42 Å². The van der Waals surface area contributed by atoms with Gasteiger partial charge in [0.05, 0.1) is 6.57 Å². The van der Waals surface area contributed by atoms with Gasteiger partial charge in [-0.3, -0.25) is 9.97 Å². The van der Waals surface area contributed by atoms with Crippen LogP contribution in [-0.4, -0.2) is 9.97 Å². The van der Waals surface area contributed by atoms with E-state index in [1.807, 2.05) is 42.5 Å². The monoisotopic (exact) mass is 423 g/mol. The van der Waals surface area contributed by atoms with Crippen LogP contribution in [0.25, 0.3) is 60.2 Å². The maximum Gasteiger partial charge on any atom is 0.229 e. The average Bonchev–Trinajstić information content (AvgIpc) is 3.28. The van der Waals surface area contributed by atoms with Crippen LogP contribution in [0.4, 0.5) is 5.69 Å². The van der Waals surface area contributed by atoms with Crippen LogP contribution in [0.15, 0.2) is 108 Å². The molecule has 0 saturated carbocycles. The Balaban J connectivity index is 1.64. The Kier molecular flexibility index (Phi) is 4.45. The molecule has 0 aliphatic heterocycles. The largest absolute Gasteiger partial charge is 0.466 e. The Morgan fingerprint density at radius 1 is 0.576 bits per heavy atom. The van der Waals surface area contributed by atoms with Gasteiger partial charge < -0.3 is 4.42 Å². The Morgan fingerprint density at radius 3 is 1.73 bits per heavy atom. The fourth-order valence-corrected chi connectivity index (χ4v) is 4.33. The highest BCUT2D eigenvalue weighted by Crippen LogP contribution is 2.41. The lowest BCUT2D eigenvalue weighted by atomic mass is 9.93. The van der Waals surface area contributed by atoms with Crippen molar-refractivity contribution in [3.05, 3.63) is 115 Å². The third-order valence-corrected chi connectivity index (χ3v) is 5.90. The summed E-state index contributed by atoms with van der Waals surface area (Å²) in [6.07, 6.45) is 7.22. The van der Waals surface area contributed by atoms with E-state index in [1.165, 1.54) is 0 Å². The molecule has 0 fully saturated rings. The minimum absolute atomic E-state index is 0.526. The first-order chi connectivity index (χ1) is 16.3. The second-order valence-corrected chi connectivity index (χ2v) is 7.82. The Morgan fingerprint density at radius 2 is 1.12 bits per heavy atom. The van der Waals surface area contributed by atoms with Gasteiger partial charge in [-0.15, -0.1) is 0 Å². The van der Waals surface area contributed by atoms with Crippen molar-refractivity contribution >= 4 is 27.6 Å². The smallest absolute Gasteiger partial charge is 0.229 e. The molecule has 0 N–H and O–H groups in total. The van der Waals surface area contributed by atoms with E-state index in [-0.39, 0.29) is 0 Å². The van der Waals surface area contributed by atoms with Gasteiger partial charge in [0.25, 0.3) is 0 Å². The summed E-state index contributed by atoms with van der Waals surface area (Å²) < 4.78 is 6.32. The summed E-state index contributed by atoms with van der Waals surface area (Å²) in [4.78, 5) is 12.0. The van der Waals surface area contributed by atoms with E-state index in [0.717, 1.165) is 49.7 Å². The molecule has 3 aromatic heterocycles. The maximum atomic E-state index is 7.52. The highest BCUT2D eigenvalue weighted by molar-refractivity contribution is 6.12. The molecule has 0 unspecified atom stereocenters. The first kappa shape index (κ1) is 19.0. The van der Waals surface area contributed by atoms with Gasteiger partial charge in [0.15, 0.2) is 0 Å². The topological polar surface area (TPSA) is 43.3 Å². The van der Waals surface area contributed by atoms with E-state index in [4.69, 9.17) is 11.0 Å². The molecule has 6 aromatic rings. The summed E-state index contributed by atoms with van der Waals surface area (Å²) in [6, 6.07) is 26.5. The standard InChI is InChI=1S/C29H17N3O/c1-30-27-7-3-6-26-25-5-2-4-24(28(25)33-29(26)27)23-17-21(19-8-12-31-13-9-19)16-22(18-23)20-10-14-32-15-11-20/h2-18H. The number of para-hydroxylation sites is 2. The summed E-state index contributed by atoms with van der Waals surface area (Å²) in [6.45, 7) is 7.52. The minimum Gasteiger partial charge on any atom is -0.466 e. The lowest BCUT2D eigenvalue weighted by Gasteiger charge is -2.11. The van der Waals surface area contributed by atoms with Crippen molar-refractivity contribution in [2.75, 3.05) is 0 Å². The second-order valence-electron chi connectivity index (χ2n) is 7.82. The number of hydrogen-bond acceptors (Lipinski definition) is 3. The van der Waals surface area contributed by atoms with Crippen LogP contribution in [0, 0.1) is 6.57 Å². The lowest BCUT2D eigenvalue weighted by Crippen LogP contribution is -1.87. The number of benzene rings is 3. The molecule has 0 atom stereocenters. The van der Waals surface area contributed by atoms with Crippen LogP contribution < -0.4 is 0 Å². The first-order valence-electron chi connectivity index (χ1n) is 10.6. The van der Waals surface area contributed by atoms with E-state index in [9.17, 15) is 0 Å². The van der Waals surface area contributed by atoms with Crippen molar-refractivity contribution in [1.29, 1.82) is 0 Å². The number of rotatable bonds is 3. The van der Waals surface area contributed by atoms with Gasteiger partial charge in [-0.25, -0.2) is 4.85 Å². The summed E-state index contributed by atoms with van der Waals surface area (Å²) >= 11 is 0. The molecule has 6 rings (SSSR count). The molecule has 3 aromatic carbocycles. The molecular weight excluding hydrogens is 406 g/mol. The highest BCUT2D eigenvalue weighted by Gasteiger charge is 2.16. The van der Waals surface area contributed by atoms with Crippen molar-refractivity contribution in [3.8, 4) is 33.4 Å². The molecule has 0 aliphatic carbocycles. The predicted octanol–water partition coefficient (Wildman–Crippen LogP) is 7.93. The number of pyridine rings is 2. The lowest BCUT2D eigenvalue weighted by molar-refractivity contribution is 0.672. The van der Waals surface area contributed by atoms with Crippen molar-refractivity contribution in [3.63, 3.8) is 0 Å². The molecule has 33 heavy (non-hydrogen) atoms. The van der Waals surface area contributed by atoms with Crippen LogP contribution >= 0.6 is 0 Å². The van der Waals surface area contributed by atoms with Crippen molar-refractivity contribution in [2.45, 2.75) is 0 Å². The fourth-order valence-electron chi connectivity index (χ4n) is 4.33. The molecule has 0 bridgehead atoms. The first-order valence-corrected chi connectivity index (χ1v) is 10.6. The van der Waals surface area contributed by atoms with Crippen molar-refractivity contribution in [2.24, 2.45) is 0 Å². The van der Waals surface area contributed by atoms with Gasteiger partial charge in [0.1, 0.15) is 11.2 Å². The van der Waals surface area contributed by atoms with Crippen LogP contribution in [0.2, 0.25) is 0 Å². The maximum absolute atomic E-state index is 7.52. The van der Waals surface area contributed by atoms with Gasteiger partial charge >= 0.3 is 0 Å². The molecule has 3 heterocycles. The highest BCUT2D eigenvalue weighted by atomic mass is 16.3. The summed E-state index contributed by atoms with van der Waals surface area (Å²) in [7, 11) is 0. The van der Waals surface area contributed by atoms with Gasteiger partial charge in [-0.05, 0) is 70.3 Å². The zero-order valence-electron chi connectivity index (χ0n) is 17.6. The van der Waals surface area contributed by atoms with Gasteiger partial charge in [0, 0.05) is 41.1 Å². The van der Waals surface area contributed by atoms with E-state index in [1.54, 1.807) is 30.9 Å². The van der Waals surface area contributed by atoms with Crippen LogP contribution in [0.1, 0.15) is 0 Å². The van der Waals surface area contributed by atoms with Gasteiger partial charge in [-0.1, -0.05) is 36.4 Å². The number of nitrogens with zero attached hydrogens (tertiary/aromatic N) is 3. The molecule has 0 saturated heterocycles. The third-order valence-electron chi connectivity index (χ3n) is 5.90. The number of furan rings is 1. The van der Waals surface area contributed by atoms with Gasteiger partial charge in [-0.2, -0.15) is 0 Å². The Hall–Kier alpha value is -4.75. The molecule has 0 spiro atoms. The van der Waals surface area contributed by atoms with Gasteiger partial charge in [0.2, 0.25) is 5.69 Å². The van der Waals surface area contributed by atoms with Crippen LogP contribution in [-0.2, 0) is 0 Å². The Bertz CT molecular complexity index is 1600. The zero-order valence-corrected chi connectivity index (χ0v) is 17.6. The second kappa shape index (κ2) is 7.74. The predicted molar refractivity (Wildman–Crippen MR) is 132 cm³/mol. The normalized spacial score (nSPS) is 11.0. The molecule has 4 heteroatoms. The average molecular weight is 423 g/mol. The van der Waals surface area contributed by atoms with E-state index in [2.05, 4.69) is 45.1 Å². The number of fused-ring (bicyclic) bond motifs is 3. The molecule has 0 aliphatic rings. The third kappa shape index (κ3) is 3.24. The quantitative estimate of drug-likeness (QED) is 0.271. The number of hydrogen-bond donors (Lipinski definition) is 0. The van der Waals surface area contributed by atoms with Crippen molar-refractivity contribution in [1.82, 2.24) is 9.97 Å². The summed E-state index contributed by atoms with van der Waals surface area (Å²) in [5, 5.41) is 1.97. The molecule has 4 nitrogen and oxygen atoms in total. The van der Waals surface area contributed by atoms with E-state index < -0.39 is 0 Å². The van der Waals surface area contributed by atoms with Crippen LogP contribution in [0.5, 0.6) is 0 Å². The zero-order chi connectivity index (χ0) is 22.2. The molecule has 154 valence electrons. The number of aromatic nitrogens is 2. The fraction of sp³-hybridized carbons (Fsp3) is 0. The molecule has 0 amide bonds. The Labute approximate surface area is 190 Å². The van der Waals surface area contributed by atoms with Crippen LogP contribution in [0.3, 0.4) is 0 Å².